The van der Waals surface area contributed by atoms with E-state index in [-0.39, 0.29) is 11.5 Å². The minimum Gasteiger partial charge on any atom is -0.322 e. The molecule has 1 heterocycles. The number of carbonyl (C=O) groups excluding carboxylic acids is 3. The molecule has 1 aliphatic heterocycles. The number of imide groups is 1. The maximum absolute atomic E-state index is 12.1. The Balaban J connectivity index is 1.86. The lowest BCUT2D eigenvalue weighted by molar-refractivity contribution is 0.0878. The average molecular weight is 345 g/mol. The molecule has 0 fully saturated rings. The van der Waals surface area contributed by atoms with Gasteiger partial charge < -0.3 is 5.32 Å². The Labute approximate surface area is 128 Å². The van der Waals surface area contributed by atoms with E-state index in [1.165, 1.54) is 12.1 Å². The van der Waals surface area contributed by atoms with Crippen LogP contribution in [-0.2, 0) is 0 Å². The molecule has 3 rings (SSSR count). The van der Waals surface area contributed by atoms with Crippen molar-refractivity contribution in [1.29, 1.82) is 0 Å². The van der Waals surface area contributed by atoms with Crippen LogP contribution >= 0.6 is 15.9 Å². The van der Waals surface area contributed by atoms with Crippen LogP contribution in [0.3, 0.4) is 0 Å². The van der Waals surface area contributed by atoms with Crippen LogP contribution < -0.4 is 10.6 Å². The van der Waals surface area contributed by atoms with Gasteiger partial charge in [0.05, 0.1) is 11.1 Å². The number of halogens is 1. The Hall–Kier alpha value is -2.47. The van der Waals surface area contributed by atoms with Crippen molar-refractivity contribution in [1.82, 2.24) is 5.32 Å². The molecule has 2 aromatic carbocycles. The summed E-state index contributed by atoms with van der Waals surface area (Å²) in [4.78, 5) is 35.1. The van der Waals surface area contributed by atoms with Gasteiger partial charge in [0.25, 0.3) is 17.7 Å². The van der Waals surface area contributed by atoms with Gasteiger partial charge in [0.15, 0.2) is 0 Å². The molecule has 2 aromatic rings. The number of rotatable bonds is 2. The quantitative estimate of drug-likeness (QED) is 0.822. The van der Waals surface area contributed by atoms with E-state index in [0.717, 1.165) is 4.47 Å². The third-order valence-electron chi connectivity index (χ3n) is 3.08. The summed E-state index contributed by atoms with van der Waals surface area (Å²) in [5.74, 6) is -1.16. The highest BCUT2D eigenvalue weighted by Gasteiger charge is 2.26. The lowest BCUT2D eigenvalue weighted by Gasteiger charge is -2.06. The van der Waals surface area contributed by atoms with Crippen LogP contribution in [-0.4, -0.2) is 17.7 Å². The van der Waals surface area contributed by atoms with E-state index < -0.39 is 11.8 Å². The minimum absolute atomic E-state index is 0.270. The fourth-order valence-electron chi connectivity index (χ4n) is 2.08. The maximum atomic E-state index is 12.1. The number of amides is 3. The highest BCUT2D eigenvalue weighted by atomic mass is 79.9. The van der Waals surface area contributed by atoms with Crippen molar-refractivity contribution in [2.75, 3.05) is 5.32 Å². The molecule has 0 aromatic heterocycles. The molecular weight excluding hydrogens is 336 g/mol. The van der Waals surface area contributed by atoms with Crippen LogP contribution in [0, 0.1) is 0 Å². The summed E-state index contributed by atoms with van der Waals surface area (Å²) >= 11 is 3.30. The maximum Gasteiger partial charge on any atom is 0.259 e. The van der Waals surface area contributed by atoms with Crippen LogP contribution in [0.25, 0.3) is 0 Å². The summed E-state index contributed by atoms with van der Waals surface area (Å²) in [6, 6.07) is 11.6. The molecule has 0 aliphatic carbocycles. The predicted molar refractivity (Wildman–Crippen MR) is 80.3 cm³/mol. The molecule has 6 heteroatoms. The van der Waals surface area contributed by atoms with Crippen LogP contribution in [0.15, 0.2) is 46.9 Å². The van der Waals surface area contributed by atoms with Gasteiger partial charge >= 0.3 is 0 Å². The standard InChI is InChI=1S/C15H9BrN2O3/c16-9-3-1-2-8(6-9)13(19)17-10-4-5-11-12(7-10)15(21)18-14(11)20/h1-7H,(H,17,19)(H,18,20,21). The van der Waals surface area contributed by atoms with Gasteiger partial charge in [0.2, 0.25) is 0 Å². The first-order chi connectivity index (χ1) is 10.0. The molecule has 3 amide bonds. The largest absolute Gasteiger partial charge is 0.322 e. The van der Waals surface area contributed by atoms with Crippen molar-refractivity contribution in [2.24, 2.45) is 0 Å². The summed E-state index contributed by atoms with van der Waals surface area (Å²) in [7, 11) is 0. The van der Waals surface area contributed by atoms with E-state index in [2.05, 4.69) is 26.6 Å². The first kappa shape index (κ1) is 13.5. The van der Waals surface area contributed by atoms with Crippen LogP contribution in [0.1, 0.15) is 31.1 Å². The van der Waals surface area contributed by atoms with Crippen LogP contribution in [0.2, 0.25) is 0 Å². The van der Waals surface area contributed by atoms with Gasteiger partial charge in [0, 0.05) is 15.7 Å². The number of fused-ring (bicyclic) bond motifs is 1. The Kier molecular flexibility index (Phi) is 3.31. The lowest BCUT2D eigenvalue weighted by Crippen LogP contribution is -2.19. The molecule has 0 spiro atoms. The number of anilines is 1. The SMILES string of the molecule is O=C(Nc1ccc2c(c1)C(=O)NC2=O)c1cccc(Br)c1. The van der Waals surface area contributed by atoms with Crippen LogP contribution in [0.4, 0.5) is 5.69 Å². The minimum atomic E-state index is -0.450. The molecule has 0 bridgehead atoms. The molecule has 1 aliphatic rings. The molecule has 2 N–H and O–H groups in total. The molecule has 21 heavy (non-hydrogen) atoms. The van der Waals surface area contributed by atoms with Crippen molar-refractivity contribution in [3.8, 4) is 0 Å². The molecule has 0 atom stereocenters. The molecular formula is C15H9BrN2O3. The smallest absolute Gasteiger partial charge is 0.259 e. The van der Waals surface area contributed by atoms with Crippen molar-refractivity contribution < 1.29 is 14.4 Å². The molecule has 0 unspecified atom stereocenters. The van der Waals surface area contributed by atoms with Gasteiger partial charge in [-0.25, -0.2) is 0 Å². The summed E-state index contributed by atoms with van der Waals surface area (Å²) in [5, 5.41) is 4.90. The van der Waals surface area contributed by atoms with E-state index in [1.807, 2.05) is 6.07 Å². The van der Waals surface area contributed by atoms with E-state index in [1.54, 1.807) is 24.3 Å². The zero-order valence-electron chi connectivity index (χ0n) is 10.6. The zero-order chi connectivity index (χ0) is 15.0. The van der Waals surface area contributed by atoms with Crippen molar-refractivity contribution in [2.45, 2.75) is 0 Å². The molecule has 0 saturated carbocycles. The van der Waals surface area contributed by atoms with Crippen molar-refractivity contribution >= 4 is 39.3 Å². The van der Waals surface area contributed by atoms with E-state index in [4.69, 9.17) is 0 Å². The number of benzene rings is 2. The van der Waals surface area contributed by atoms with E-state index in [0.29, 0.717) is 16.8 Å². The summed E-state index contributed by atoms with van der Waals surface area (Å²) in [5.41, 5.74) is 1.54. The van der Waals surface area contributed by atoms with Crippen molar-refractivity contribution in [3.05, 3.63) is 63.6 Å². The third-order valence-corrected chi connectivity index (χ3v) is 3.57. The van der Waals surface area contributed by atoms with E-state index in [9.17, 15) is 14.4 Å². The zero-order valence-corrected chi connectivity index (χ0v) is 12.2. The Bertz CT molecular complexity index is 786. The molecule has 5 nitrogen and oxygen atoms in total. The number of nitrogens with one attached hydrogen (secondary N) is 2. The summed E-state index contributed by atoms with van der Waals surface area (Å²) in [6.07, 6.45) is 0. The predicted octanol–water partition coefficient (Wildman–Crippen LogP) is 2.59. The fraction of sp³-hybridized carbons (Fsp3) is 0. The van der Waals surface area contributed by atoms with Gasteiger partial charge in [-0.05, 0) is 36.4 Å². The third kappa shape index (κ3) is 2.57. The molecule has 0 radical (unpaired) electrons. The summed E-state index contributed by atoms with van der Waals surface area (Å²) < 4.78 is 0.800. The number of hydrogen-bond donors (Lipinski definition) is 2. The molecule has 104 valence electrons. The summed E-state index contributed by atoms with van der Waals surface area (Å²) in [6.45, 7) is 0. The first-order valence-electron chi connectivity index (χ1n) is 6.11. The highest BCUT2D eigenvalue weighted by Crippen LogP contribution is 2.21. The second-order valence-corrected chi connectivity index (χ2v) is 5.42. The van der Waals surface area contributed by atoms with Crippen LogP contribution in [0.5, 0.6) is 0 Å². The van der Waals surface area contributed by atoms with Gasteiger partial charge in [-0.2, -0.15) is 0 Å². The highest BCUT2D eigenvalue weighted by molar-refractivity contribution is 9.10. The van der Waals surface area contributed by atoms with Gasteiger partial charge in [0.1, 0.15) is 0 Å². The van der Waals surface area contributed by atoms with E-state index >= 15 is 0 Å². The monoisotopic (exact) mass is 344 g/mol. The average Bonchev–Trinajstić information content (AvgIpc) is 2.74. The van der Waals surface area contributed by atoms with Gasteiger partial charge in [-0.3, -0.25) is 19.7 Å². The fourth-order valence-corrected chi connectivity index (χ4v) is 2.48. The Morgan fingerprint density at radius 1 is 1.00 bits per heavy atom. The number of hydrogen-bond acceptors (Lipinski definition) is 3. The Morgan fingerprint density at radius 3 is 2.52 bits per heavy atom. The van der Waals surface area contributed by atoms with Gasteiger partial charge in [-0.1, -0.05) is 22.0 Å². The van der Waals surface area contributed by atoms with Crippen molar-refractivity contribution in [3.63, 3.8) is 0 Å². The first-order valence-corrected chi connectivity index (χ1v) is 6.90. The topological polar surface area (TPSA) is 75.3 Å². The Morgan fingerprint density at radius 2 is 1.76 bits per heavy atom. The second kappa shape index (κ2) is 5.14. The molecule has 0 saturated heterocycles. The lowest BCUT2D eigenvalue weighted by atomic mass is 10.1. The normalized spacial score (nSPS) is 12.8. The number of carbonyl (C=O) groups is 3. The second-order valence-electron chi connectivity index (χ2n) is 4.51. The van der Waals surface area contributed by atoms with Gasteiger partial charge in [-0.15, -0.1) is 0 Å².